The van der Waals surface area contributed by atoms with E-state index >= 15 is 0 Å². The summed E-state index contributed by atoms with van der Waals surface area (Å²) in [5, 5.41) is 0. The number of benzene rings is 1. The van der Waals surface area contributed by atoms with Gasteiger partial charge in [0.25, 0.3) is 0 Å². The van der Waals surface area contributed by atoms with E-state index in [4.69, 9.17) is 9.47 Å². The van der Waals surface area contributed by atoms with Crippen LogP contribution < -0.4 is 4.74 Å². The Morgan fingerprint density at radius 1 is 1.33 bits per heavy atom. The highest BCUT2D eigenvalue weighted by atomic mass is 19.1. The summed E-state index contributed by atoms with van der Waals surface area (Å²) in [6.45, 7) is 1.51. The van der Waals surface area contributed by atoms with Crippen molar-refractivity contribution in [1.82, 2.24) is 0 Å². The maximum atomic E-state index is 12.6. The topological polar surface area (TPSA) is 18.5 Å². The molecular weight excluding hydrogens is 195 g/mol. The lowest BCUT2D eigenvalue weighted by Gasteiger charge is -2.10. The average molecular weight is 210 g/mol. The van der Waals surface area contributed by atoms with Crippen LogP contribution in [-0.4, -0.2) is 19.3 Å². The standard InChI is InChI=1S/C12H15FO2/c13-10-3-5-12(6-4-10)15-9-7-11-2-1-8-14-11/h3-6,11H,1-2,7-9H2. The van der Waals surface area contributed by atoms with Crippen LogP contribution in [0.4, 0.5) is 4.39 Å². The van der Waals surface area contributed by atoms with E-state index in [0.29, 0.717) is 12.7 Å². The maximum Gasteiger partial charge on any atom is 0.123 e. The summed E-state index contributed by atoms with van der Waals surface area (Å²) in [7, 11) is 0. The fourth-order valence-electron chi connectivity index (χ4n) is 1.71. The molecule has 1 fully saturated rings. The third-order valence-electron chi connectivity index (χ3n) is 2.55. The van der Waals surface area contributed by atoms with Crippen molar-refractivity contribution < 1.29 is 13.9 Å². The third-order valence-corrected chi connectivity index (χ3v) is 2.55. The van der Waals surface area contributed by atoms with Crippen LogP contribution in [0.5, 0.6) is 5.75 Å². The Morgan fingerprint density at radius 2 is 2.13 bits per heavy atom. The van der Waals surface area contributed by atoms with Crippen LogP contribution in [0.25, 0.3) is 0 Å². The lowest BCUT2D eigenvalue weighted by molar-refractivity contribution is 0.0903. The number of hydrogen-bond acceptors (Lipinski definition) is 2. The first-order chi connectivity index (χ1) is 7.34. The molecule has 0 spiro atoms. The van der Waals surface area contributed by atoms with Gasteiger partial charge < -0.3 is 9.47 Å². The molecular formula is C12H15FO2. The van der Waals surface area contributed by atoms with Gasteiger partial charge in [-0.25, -0.2) is 4.39 Å². The normalized spacial score (nSPS) is 20.5. The van der Waals surface area contributed by atoms with Gasteiger partial charge in [-0.1, -0.05) is 0 Å². The molecule has 82 valence electrons. The second-order valence-electron chi connectivity index (χ2n) is 3.73. The van der Waals surface area contributed by atoms with Crippen LogP contribution in [0.1, 0.15) is 19.3 Å². The summed E-state index contributed by atoms with van der Waals surface area (Å²) in [5.74, 6) is 0.482. The Labute approximate surface area is 89.0 Å². The van der Waals surface area contributed by atoms with Crippen molar-refractivity contribution in [1.29, 1.82) is 0 Å². The zero-order valence-electron chi connectivity index (χ0n) is 8.62. The minimum absolute atomic E-state index is 0.235. The molecule has 2 nitrogen and oxygen atoms in total. The summed E-state index contributed by atoms with van der Waals surface area (Å²) >= 11 is 0. The quantitative estimate of drug-likeness (QED) is 0.760. The molecule has 1 saturated heterocycles. The summed E-state index contributed by atoms with van der Waals surface area (Å²) in [4.78, 5) is 0. The minimum atomic E-state index is -0.235. The third kappa shape index (κ3) is 3.20. The van der Waals surface area contributed by atoms with Gasteiger partial charge in [-0.15, -0.1) is 0 Å². The molecule has 0 aromatic heterocycles. The number of hydrogen-bond donors (Lipinski definition) is 0. The molecule has 1 atom stereocenters. The lowest BCUT2D eigenvalue weighted by atomic mass is 10.2. The minimum Gasteiger partial charge on any atom is -0.493 e. The molecule has 0 bridgehead atoms. The monoisotopic (exact) mass is 210 g/mol. The molecule has 0 saturated carbocycles. The van der Waals surface area contributed by atoms with Gasteiger partial charge in [-0.05, 0) is 37.1 Å². The molecule has 3 heteroatoms. The zero-order chi connectivity index (χ0) is 10.5. The van der Waals surface area contributed by atoms with Gasteiger partial charge in [0, 0.05) is 13.0 Å². The number of halogens is 1. The first-order valence-electron chi connectivity index (χ1n) is 5.34. The summed E-state index contributed by atoms with van der Waals surface area (Å²) in [6, 6.07) is 6.10. The van der Waals surface area contributed by atoms with E-state index in [9.17, 15) is 4.39 Å². The summed E-state index contributed by atoms with van der Waals surface area (Å²) in [5.41, 5.74) is 0. The van der Waals surface area contributed by atoms with Crippen molar-refractivity contribution in [2.75, 3.05) is 13.2 Å². The molecule has 0 radical (unpaired) electrons. The largest absolute Gasteiger partial charge is 0.493 e. The van der Waals surface area contributed by atoms with Gasteiger partial charge in [-0.2, -0.15) is 0 Å². The van der Waals surface area contributed by atoms with Crippen molar-refractivity contribution in [2.45, 2.75) is 25.4 Å². The molecule has 1 heterocycles. The van der Waals surface area contributed by atoms with Crippen LogP contribution in [0.2, 0.25) is 0 Å². The highest BCUT2D eigenvalue weighted by Gasteiger charge is 2.14. The van der Waals surface area contributed by atoms with Crippen LogP contribution in [0.3, 0.4) is 0 Å². The van der Waals surface area contributed by atoms with Crippen molar-refractivity contribution >= 4 is 0 Å². The van der Waals surface area contributed by atoms with E-state index < -0.39 is 0 Å². The molecule has 1 aromatic carbocycles. The Bertz CT molecular complexity index is 291. The average Bonchev–Trinajstić information content (AvgIpc) is 2.74. The number of rotatable bonds is 4. The molecule has 2 rings (SSSR count). The van der Waals surface area contributed by atoms with Crippen molar-refractivity contribution in [3.63, 3.8) is 0 Å². The van der Waals surface area contributed by atoms with Gasteiger partial charge in [0.2, 0.25) is 0 Å². The number of ether oxygens (including phenoxy) is 2. The van der Waals surface area contributed by atoms with Gasteiger partial charge >= 0.3 is 0 Å². The predicted octanol–water partition coefficient (Wildman–Crippen LogP) is 2.77. The maximum absolute atomic E-state index is 12.6. The second-order valence-corrected chi connectivity index (χ2v) is 3.73. The van der Waals surface area contributed by atoms with Crippen LogP contribution in [0, 0.1) is 5.82 Å². The molecule has 15 heavy (non-hydrogen) atoms. The van der Waals surface area contributed by atoms with E-state index in [1.54, 1.807) is 12.1 Å². The van der Waals surface area contributed by atoms with E-state index in [1.165, 1.54) is 12.1 Å². The highest BCUT2D eigenvalue weighted by molar-refractivity contribution is 5.21. The van der Waals surface area contributed by atoms with Crippen molar-refractivity contribution in [3.05, 3.63) is 30.1 Å². The Kier molecular flexibility index (Phi) is 3.56. The SMILES string of the molecule is Fc1ccc(OCCC2CCCO2)cc1. The van der Waals surface area contributed by atoms with Crippen molar-refractivity contribution in [3.8, 4) is 5.75 Å². The summed E-state index contributed by atoms with van der Waals surface area (Å²) in [6.07, 6.45) is 3.55. The van der Waals surface area contributed by atoms with Crippen LogP contribution in [-0.2, 0) is 4.74 Å². The lowest BCUT2D eigenvalue weighted by Crippen LogP contribution is -2.10. The molecule has 0 N–H and O–H groups in total. The Morgan fingerprint density at radius 3 is 2.80 bits per heavy atom. The van der Waals surface area contributed by atoms with E-state index in [-0.39, 0.29) is 5.82 Å². The summed E-state index contributed by atoms with van der Waals surface area (Å²) < 4.78 is 23.5. The first-order valence-corrected chi connectivity index (χ1v) is 5.34. The van der Waals surface area contributed by atoms with Crippen LogP contribution in [0.15, 0.2) is 24.3 Å². The van der Waals surface area contributed by atoms with Crippen molar-refractivity contribution in [2.24, 2.45) is 0 Å². The zero-order valence-corrected chi connectivity index (χ0v) is 8.62. The van der Waals surface area contributed by atoms with Gasteiger partial charge in [0.05, 0.1) is 12.7 Å². The second kappa shape index (κ2) is 5.12. The Balaban J connectivity index is 1.71. The van der Waals surface area contributed by atoms with Gasteiger partial charge in [0.15, 0.2) is 0 Å². The fourth-order valence-corrected chi connectivity index (χ4v) is 1.71. The first kappa shape index (κ1) is 10.4. The van der Waals surface area contributed by atoms with Gasteiger partial charge in [0.1, 0.15) is 11.6 Å². The fraction of sp³-hybridized carbons (Fsp3) is 0.500. The van der Waals surface area contributed by atoms with Gasteiger partial charge in [-0.3, -0.25) is 0 Å². The van der Waals surface area contributed by atoms with E-state index in [1.807, 2.05) is 0 Å². The molecule has 0 amide bonds. The molecule has 1 unspecified atom stereocenters. The molecule has 1 aliphatic heterocycles. The van der Waals surface area contributed by atoms with E-state index in [2.05, 4.69) is 0 Å². The molecule has 0 aliphatic carbocycles. The van der Waals surface area contributed by atoms with E-state index in [0.717, 1.165) is 31.6 Å². The predicted molar refractivity (Wildman–Crippen MR) is 55.5 cm³/mol. The molecule has 1 aliphatic rings. The van der Waals surface area contributed by atoms with Crippen LogP contribution >= 0.6 is 0 Å². The highest BCUT2D eigenvalue weighted by Crippen LogP contribution is 2.16. The molecule has 1 aromatic rings. The smallest absolute Gasteiger partial charge is 0.123 e. The Hall–Kier alpha value is -1.09.